The number of esters is 1. The van der Waals surface area contributed by atoms with Crippen LogP contribution in [0.2, 0.25) is 0 Å². The number of hydrogen-bond donors (Lipinski definition) is 0. The van der Waals surface area contributed by atoms with Crippen LogP contribution in [0.3, 0.4) is 0 Å². The maximum atomic E-state index is 13.0. The Morgan fingerprint density at radius 1 is 1.19 bits per heavy atom. The van der Waals surface area contributed by atoms with Crippen LogP contribution in [0.1, 0.15) is 76.6 Å². The molecule has 3 nitrogen and oxygen atoms in total. The fourth-order valence-corrected chi connectivity index (χ4v) is 6.53. The SMILES string of the molecule is CCCCCC1(C)CC(OC(=O)c2cc(I)cc(I)c2I)CC(C)(C)N1C. The Morgan fingerprint density at radius 3 is 2.48 bits per heavy atom. The number of hydrogen-bond acceptors (Lipinski definition) is 3. The van der Waals surface area contributed by atoms with Crippen LogP contribution in [0.5, 0.6) is 0 Å². The number of rotatable bonds is 6. The van der Waals surface area contributed by atoms with E-state index in [1.165, 1.54) is 19.3 Å². The molecule has 0 bridgehead atoms. The lowest BCUT2D eigenvalue weighted by molar-refractivity contribution is -0.0839. The normalized spacial score (nSPS) is 25.4. The van der Waals surface area contributed by atoms with Crippen molar-refractivity contribution in [3.63, 3.8) is 0 Å². The fraction of sp³-hybridized carbons (Fsp3) is 0.667. The Morgan fingerprint density at radius 2 is 1.85 bits per heavy atom. The average molecular weight is 709 g/mol. The van der Waals surface area contributed by atoms with Crippen molar-refractivity contribution in [1.29, 1.82) is 0 Å². The Hall–Kier alpha value is 0.840. The minimum Gasteiger partial charge on any atom is -0.459 e. The highest BCUT2D eigenvalue weighted by atomic mass is 127. The number of carbonyl (C=O) groups is 1. The van der Waals surface area contributed by atoms with Crippen LogP contribution >= 0.6 is 67.8 Å². The number of piperidine rings is 1. The zero-order chi connectivity index (χ0) is 20.4. The topological polar surface area (TPSA) is 29.5 Å². The third-order valence-corrected chi connectivity index (χ3v) is 9.59. The van der Waals surface area contributed by atoms with Gasteiger partial charge in [-0.1, -0.05) is 26.2 Å². The second kappa shape index (κ2) is 9.76. The summed E-state index contributed by atoms with van der Waals surface area (Å²) in [6, 6.07) is 4.02. The molecule has 0 saturated carbocycles. The molecule has 1 aromatic rings. The number of nitrogens with zero attached hydrogens (tertiary/aromatic N) is 1. The quantitative estimate of drug-likeness (QED) is 0.140. The molecule has 1 aliphatic rings. The van der Waals surface area contributed by atoms with E-state index in [2.05, 4.69) is 113 Å². The molecule has 0 radical (unpaired) electrons. The summed E-state index contributed by atoms with van der Waals surface area (Å²) in [6.45, 7) is 9.11. The predicted octanol–water partition coefficient (Wildman–Crippen LogP) is 6.87. The van der Waals surface area contributed by atoms with E-state index in [1.54, 1.807) is 0 Å². The highest BCUT2D eigenvalue weighted by molar-refractivity contribution is 14.1. The highest BCUT2D eigenvalue weighted by Gasteiger charge is 2.46. The van der Waals surface area contributed by atoms with E-state index < -0.39 is 0 Å². The van der Waals surface area contributed by atoms with Crippen LogP contribution in [0, 0.1) is 10.7 Å². The summed E-state index contributed by atoms with van der Waals surface area (Å²) in [7, 11) is 2.23. The summed E-state index contributed by atoms with van der Waals surface area (Å²) in [5.41, 5.74) is 0.766. The molecule has 1 fully saturated rings. The van der Waals surface area contributed by atoms with Crippen molar-refractivity contribution in [3.05, 3.63) is 28.4 Å². The first kappa shape index (κ1) is 24.1. The molecule has 1 aromatic carbocycles. The predicted molar refractivity (Wildman–Crippen MR) is 137 cm³/mol. The smallest absolute Gasteiger partial charge is 0.339 e. The van der Waals surface area contributed by atoms with Crippen molar-refractivity contribution >= 4 is 73.7 Å². The molecule has 6 heteroatoms. The Balaban J connectivity index is 2.19. The molecule has 0 N–H and O–H groups in total. The summed E-state index contributed by atoms with van der Waals surface area (Å²) in [5.74, 6) is -0.183. The molecule has 2 atom stereocenters. The van der Waals surface area contributed by atoms with E-state index in [0.29, 0.717) is 5.56 Å². The summed E-state index contributed by atoms with van der Waals surface area (Å²) >= 11 is 6.80. The molecule has 0 aromatic heterocycles. The standard InChI is InChI=1S/C21H30I3NO2/c1-6-7-8-9-21(4)13-15(12-20(2,3)25(21)5)27-19(26)16-10-14(22)11-17(23)18(16)24/h10-11,15H,6-9,12-13H2,1-5H3. The lowest BCUT2D eigenvalue weighted by Crippen LogP contribution is -2.61. The van der Waals surface area contributed by atoms with Crippen LogP contribution in [-0.4, -0.2) is 35.1 Å². The number of benzene rings is 1. The Labute approximate surface area is 205 Å². The van der Waals surface area contributed by atoms with Crippen molar-refractivity contribution in [1.82, 2.24) is 4.90 Å². The zero-order valence-electron chi connectivity index (χ0n) is 16.9. The van der Waals surface area contributed by atoms with Gasteiger partial charge in [-0.15, -0.1) is 0 Å². The zero-order valence-corrected chi connectivity index (χ0v) is 23.3. The first-order chi connectivity index (χ1) is 12.5. The van der Waals surface area contributed by atoms with Crippen LogP contribution in [0.25, 0.3) is 0 Å². The average Bonchev–Trinajstić information content (AvgIpc) is 2.56. The van der Waals surface area contributed by atoms with Crippen LogP contribution < -0.4 is 0 Å². The van der Waals surface area contributed by atoms with Crippen molar-refractivity contribution in [3.8, 4) is 0 Å². The van der Waals surface area contributed by atoms with Crippen LogP contribution in [0.15, 0.2) is 12.1 Å². The van der Waals surface area contributed by atoms with Crippen LogP contribution in [-0.2, 0) is 4.74 Å². The van der Waals surface area contributed by atoms with E-state index in [1.807, 2.05) is 6.07 Å². The molecule has 152 valence electrons. The molecule has 0 spiro atoms. The van der Waals surface area contributed by atoms with E-state index in [0.717, 1.165) is 30.0 Å². The van der Waals surface area contributed by atoms with Crippen molar-refractivity contribution < 1.29 is 9.53 Å². The van der Waals surface area contributed by atoms with Gasteiger partial charge in [-0.25, -0.2) is 4.79 Å². The Bertz CT molecular complexity index is 692. The lowest BCUT2D eigenvalue weighted by atomic mass is 9.75. The molecule has 1 heterocycles. The van der Waals surface area contributed by atoms with Gasteiger partial charge in [-0.2, -0.15) is 0 Å². The van der Waals surface area contributed by atoms with Gasteiger partial charge in [0.2, 0.25) is 0 Å². The van der Waals surface area contributed by atoms with Gasteiger partial charge in [0.1, 0.15) is 6.10 Å². The van der Waals surface area contributed by atoms with Crippen LogP contribution in [0.4, 0.5) is 0 Å². The van der Waals surface area contributed by atoms with E-state index in [-0.39, 0.29) is 23.2 Å². The summed E-state index contributed by atoms with van der Waals surface area (Å²) < 4.78 is 9.22. The lowest BCUT2D eigenvalue weighted by Gasteiger charge is -2.54. The van der Waals surface area contributed by atoms with Crippen molar-refractivity contribution in [2.75, 3.05) is 7.05 Å². The minimum atomic E-state index is -0.183. The first-order valence-electron chi connectivity index (χ1n) is 9.59. The molecule has 0 aliphatic carbocycles. The number of unbranched alkanes of at least 4 members (excludes halogenated alkanes) is 2. The molecule has 1 saturated heterocycles. The minimum absolute atomic E-state index is 0.0108. The van der Waals surface area contributed by atoms with E-state index in [4.69, 9.17) is 4.74 Å². The third kappa shape index (κ3) is 5.93. The summed E-state index contributed by atoms with van der Waals surface area (Å²) in [6.07, 6.45) is 6.59. The summed E-state index contributed by atoms with van der Waals surface area (Å²) in [5, 5.41) is 0. The molecular weight excluding hydrogens is 679 g/mol. The molecule has 27 heavy (non-hydrogen) atoms. The van der Waals surface area contributed by atoms with Gasteiger partial charge in [-0.05, 0) is 114 Å². The van der Waals surface area contributed by atoms with Gasteiger partial charge in [-0.3, -0.25) is 4.90 Å². The summed E-state index contributed by atoms with van der Waals surface area (Å²) in [4.78, 5) is 15.5. The number of carbonyl (C=O) groups excluding carboxylic acids is 1. The first-order valence-corrected chi connectivity index (χ1v) is 12.8. The molecule has 1 aliphatic heterocycles. The van der Waals surface area contributed by atoms with E-state index >= 15 is 0 Å². The van der Waals surface area contributed by atoms with Gasteiger partial charge in [0.05, 0.1) is 5.56 Å². The fourth-order valence-electron chi connectivity index (χ4n) is 4.15. The second-order valence-corrected chi connectivity index (χ2v) is 12.0. The van der Waals surface area contributed by atoms with Gasteiger partial charge in [0, 0.05) is 34.6 Å². The maximum Gasteiger partial charge on any atom is 0.339 e. The second-order valence-electron chi connectivity index (χ2n) is 8.51. The molecular formula is C21H30I3NO2. The van der Waals surface area contributed by atoms with Gasteiger partial charge in [0.15, 0.2) is 0 Å². The molecule has 2 unspecified atom stereocenters. The van der Waals surface area contributed by atoms with Gasteiger partial charge >= 0.3 is 5.97 Å². The molecule has 0 amide bonds. The molecule has 2 rings (SSSR count). The highest BCUT2D eigenvalue weighted by Crippen LogP contribution is 2.41. The maximum absolute atomic E-state index is 13.0. The third-order valence-electron chi connectivity index (χ3n) is 5.92. The number of likely N-dealkylation sites (tertiary alicyclic amines) is 1. The van der Waals surface area contributed by atoms with Crippen molar-refractivity contribution in [2.45, 2.75) is 83.4 Å². The van der Waals surface area contributed by atoms with E-state index in [9.17, 15) is 4.79 Å². The van der Waals surface area contributed by atoms with Gasteiger partial charge in [0.25, 0.3) is 0 Å². The Kier molecular flexibility index (Phi) is 8.72. The number of ether oxygens (including phenoxy) is 1. The number of halogens is 3. The van der Waals surface area contributed by atoms with Crippen molar-refractivity contribution in [2.24, 2.45) is 0 Å². The largest absolute Gasteiger partial charge is 0.459 e. The van der Waals surface area contributed by atoms with Gasteiger partial charge < -0.3 is 4.74 Å². The monoisotopic (exact) mass is 709 g/mol.